The van der Waals surface area contributed by atoms with Crippen molar-refractivity contribution < 1.29 is 9.59 Å². The van der Waals surface area contributed by atoms with Crippen LogP contribution in [0.15, 0.2) is 12.4 Å². The molecular weight excluding hydrogens is 196 g/mol. The van der Waals surface area contributed by atoms with Gasteiger partial charge in [0.2, 0.25) is 5.91 Å². The van der Waals surface area contributed by atoms with Gasteiger partial charge in [0.1, 0.15) is 0 Å². The molecule has 82 valence electrons. The van der Waals surface area contributed by atoms with Gasteiger partial charge in [0, 0.05) is 18.2 Å². The Morgan fingerprint density at radius 2 is 2.27 bits per heavy atom. The van der Waals surface area contributed by atoms with Crippen LogP contribution in [-0.4, -0.2) is 27.6 Å². The SMILES string of the molecule is CC(C)(CC(N)=O)NC(=O)c1cn[nH]c1. The van der Waals surface area contributed by atoms with Crippen LogP contribution in [0.4, 0.5) is 0 Å². The van der Waals surface area contributed by atoms with Crippen LogP contribution in [0.3, 0.4) is 0 Å². The van der Waals surface area contributed by atoms with Crippen molar-refractivity contribution >= 4 is 11.8 Å². The number of carbonyl (C=O) groups excluding carboxylic acids is 2. The number of hydrogen-bond donors (Lipinski definition) is 3. The normalized spacial score (nSPS) is 11.1. The highest BCUT2D eigenvalue weighted by Crippen LogP contribution is 2.08. The molecule has 15 heavy (non-hydrogen) atoms. The molecular formula is C9H14N4O2. The minimum Gasteiger partial charge on any atom is -0.370 e. The molecule has 0 aliphatic carbocycles. The molecule has 0 aliphatic heterocycles. The lowest BCUT2D eigenvalue weighted by molar-refractivity contribution is -0.119. The van der Waals surface area contributed by atoms with Crippen molar-refractivity contribution in [3.8, 4) is 0 Å². The van der Waals surface area contributed by atoms with Gasteiger partial charge < -0.3 is 11.1 Å². The number of aromatic nitrogens is 2. The fourth-order valence-electron chi connectivity index (χ4n) is 1.23. The number of H-pyrrole nitrogens is 1. The summed E-state index contributed by atoms with van der Waals surface area (Å²) >= 11 is 0. The zero-order valence-electron chi connectivity index (χ0n) is 8.70. The number of nitrogens with zero attached hydrogens (tertiary/aromatic N) is 1. The highest BCUT2D eigenvalue weighted by molar-refractivity contribution is 5.94. The summed E-state index contributed by atoms with van der Waals surface area (Å²) in [6.45, 7) is 3.46. The summed E-state index contributed by atoms with van der Waals surface area (Å²) in [6.07, 6.45) is 2.99. The van der Waals surface area contributed by atoms with Gasteiger partial charge in [0.15, 0.2) is 0 Å². The number of carbonyl (C=O) groups is 2. The van der Waals surface area contributed by atoms with Crippen LogP contribution in [-0.2, 0) is 4.79 Å². The Hall–Kier alpha value is -1.85. The Kier molecular flexibility index (Phi) is 3.08. The van der Waals surface area contributed by atoms with Gasteiger partial charge in [-0.1, -0.05) is 0 Å². The molecule has 0 unspecified atom stereocenters. The molecule has 1 heterocycles. The molecule has 0 aromatic carbocycles. The average molecular weight is 210 g/mol. The van der Waals surface area contributed by atoms with Crippen molar-refractivity contribution in [2.75, 3.05) is 0 Å². The lowest BCUT2D eigenvalue weighted by Gasteiger charge is -2.24. The van der Waals surface area contributed by atoms with Crippen molar-refractivity contribution in [1.82, 2.24) is 15.5 Å². The van der Waals surface area contributed by atoms with Gasteiger partial charge in [-0.15, -0.1) is 0 Å². The monoisotopic (exact) mass is 210 g/mol. The van der Waals surface area contributed by atoms with Crippen LogP contribution < -0.4 is 11.1 Å². The van der Waals surface area contributed by atoms with E-state index in [4.69, 9.17) is 5.73 Å². The van der Waals surface area contributed by atoms with Crippen LogP contribution in [0.5, 0.6) is 0 Å². The predicted molar refractivity (Wildman–Crippen MR) is 53.9 cm³/mol. The first kappa shape index (κ1) is 11.2. The van der Waals surface area contributed by atoms with Crippen molar-refractivity contribution in [1.29, 1.82) is 0 Å². The number of hydrogen-bond acceptors (Lipinski definition) is 3. The van der Waals surface area contributed by atoms with Gasteiger partial charge in [-0.25, -0.2) is 0 Å². The van der Waals surface area contributed by atoms with E-state index in [1.807, 2.05) is 0 Å². The summed E-state index contributed by atoms with van der Waals surface area (Å²) in [5, 5.41) is 8.88. The average Bonchev–Trinajstić information content (AvgIpc) is 2.50. The molecule has 2 amide bonds. The smallest absolute Gasteiger partial charge is 0.254 e. The van der Waals surface area contributed by atoms with E-state index in [9.17, 15) is 9.59 Å². The molecule has 0 fully saturated rings. The summed E-state index contributed by atoms with van der Waals surface area (Å²) in [4.78, 5) is 22.3. The summed E-state index contributed by atoms with van der Waals surface area (Å²) in [6, 6.07) is 0. The van der Waals surface area contributed by atoms with Gasteiger partial charge in [-0.2, -0.15) is 5.10 Å². The van der Waals surface area contributed by atoms with Crippen molar-refractivity contribution in [3.63, 3.8) is 0 Å². The van der Waals surface area contributed by atoms with Crippen molar-refractivity contribution in [2.45, 2.75) is 25.8 Å². The summed E-state index contributed by atoms with van der Waals surface area (Å²) in [7, 11) is 0. The first-order valence-electron chi connectivity index (χ1n) is 4.50. The van der Waals surface area contributed by atoms with E-state index in [-0.39, 0.29) is 12.3 Å². The Labute approximate surface area is 87.2 Å². The maximum atomic E-state index is 11.6. The molecule has 0 aliphatic rings. The molecule has 1 rings (SSSR count). The zero-order valence-corrected chi connectivity index (χ0v) is 8.70. The van der Waals surface area contributed by atoms with E-state index >= 15 is 0 Å². The molecule has 1 aromatic heterocycles. The van der Waals surface area contributed by atoms with Gasteiger partial charge in [-0.3, -0.25) is 14.7 Å². The fourth-order valence-corrected chi connectivity index (χ4v) is 1.23. The van der Waals surface area contributed by atoms with Crippen LogP contribution in [0, 0.1) is 0 Å². The van der Waals surface area contributed by atoms with E-state index in [0.717, 1.165) is 0 Å². The largest absolute Gasteiger partial charge is 0.370 e. The summed E-state index contributed by atoms with van der Waals surface area (Å²) in [5.41, 5.74) is 4.84. The highest BCUT2D eigenvalue weighted by Gasteiger charge is 2.23. The molecule has 4 N–H and O–H groups in total. The van der Waals surface area contributed by atoms with Crippen LogP contribution in [0.25, 0.3) is 0 Å². The van der Waals surface area contributed by atoms with Gasteiger partial charge in [0.25, 0.3) is 5.91 Å². The van der Waals surface area contributed by atoms with E-state index in [1.165, 1.54) is 12.4 Å². The second-order valence-corrected chi connectivity index (χ2v) is 3.97. The molecule has 0 bridgehead atoms. The Morgan fingerprint density at radius 3 is 2.73 bits per heavy atom. The quantitative estimate of drug-likeness (QED) is 0.641. The van der Waals surface area contributed by atoms with E-state index in [1.54, 1.807) is 13.8 Å². The third kappa shape index (κ3) is 3.41. The molecule has 0 saturated heterocycles. The third-order valence-electron chi connectivity index (χ3n) is 1.83. The third-order valence-corrected chi connectivity index (χ3v) is 1.83. The fraction of sp³-hybridized carbons (Fsp3) is 0.444. The molecule has 0 atom stereocenters. The molecule has 1 aromatic rings. The van der Waals surface area contributed by atoms with Crippen molar-refractivity contribution in [2.24, 2.45) is 5.73 Å². The second kappa shape index (κ2) is 4.12. The molecule has 0 radical (unpaired) electrons. The zero-order chi connectivity index (χ0) is 11.5. The van der Waals surface area contributed by atoms with Gasteiger partial charge >= 0.3 is 0 Å². The van der Waals surface area contributed by atoms with Gasteiger partial charge in [0.05, 0.1) is 11.8 Å². The van der Waals surface area contributed by atoms with Crippen LogP contribution >= 0.6 is 0 Å². The lowest BCUT2D eigenvalue weighted by atomic mass is 10.00. The summed E-state index contributed by atoms with van der Waals surface area (Å²) in [5.74, 6) is -0.734. The number of aromatic amines is 1. The summed E-state index contributed by atoms with van der Waals surface area (Å²) < 4.78 is 0. The minimum absolute atomic E-state index is 0.0938. The maximum Gasteiger partial charge on any atom is 0.254 e. The second-order valence-electron chi connectivity index (χ2n) is 3.97. The number of rotatable bonds is 4. The number of nitrogens with one attached hydrogen (secondary N) is 2. The number of nitrogens with two attached hydrogens (primary N) is 1. The molecule has 6 nitrogen and oxygen atoms in total. The van der Waals surface area contributed by atoms with E-state index in [0.29, 0.717) is 5.56 Å². The Balaban J connectivity index is 2.61. The first-order valence-corrected chi connectivity index (χ1v) is 4.50. The lowest BCUT2D eigenvalue weighted by Crippen LogP contribution is -2.45. The van der Waals surface area contributed by atoms with E-state index in [2.05, 4.69) is 15.5 Å². The Morgan fingerprint density at radius 1 is 1.60 bits per heavy atom. The van der Waals surface area contributed by atoms with Crippen LogP contribution in [0.2, 0.25) is 0 Å². The molecule has 6 heteroatoms. The number of amides is 2. The van der Waals surface area contributed by atoms with E-state index < -0.39 is 11.4 Å². The molecule has 0 spiro atoms. The first-order chi connectivity index (χ1) is 6.91. The topological polar surface area (TPSA) is 101 Å². The molecule has 0 saturated carbocycles. The minimum atomic E-state index is -0.653. The van der Waals surface area contributed by atoms with Gasteiger partial charge in [-0.05, 0) is 13.8 Å². The number of primary amides is 1. The highest BCUT2D eigenvalue weighted by atomic mass is 16.2. The van der Waals surface area contributed by atoms with Crippen LogP contribution in [0.1, 0.15) is 30.6 Å². The standard InChI is InChI=1S/C9H14N4O2/c1-9(2,3-7(10)14)13-8(15)6-4-11-12-5-6/h4-5H,3H2,1-2H3,(H2,10,14)(H,11,12)(H,13,15). The maximum absolute atomic E-state index is 11.6. The predicted octanol–water partition coefficient (Wildman–Crippen LogP) is -0.206. The Bertz CT molecular complexity index is 356. The van der Waals surface area contributed by atoms with Crippen molar-refractivity contribution in [3.05, 3.63) is 18.0 Å².